The molecule has 3 nitrogen and oxygen atoms in total. The average Bonchev–Trinajstić information content (AvgIpc) is 2.89. The molecule has 0 bridgehead atoms. The number of alkyl halides is 3. The molecule has 7 heteroatoms. The van der Waals surface area contributed by atoms with Crippen LogP contribution >= 0.6 is 11.6 Å². The number of benzene rings is 1. The van der Waals surface area contributed by atoms with Gasteiger partial charge in [-0.2, -0.15) is 13.2 Å². The number of aliphatic hydroxyl groups is 1. The van der Waals surface area contributed by atoms with Gasteiger partial charge in [-0.25, -0.2) is 0 Å². The minimum atomic E-state index is -4.41. The van der Waals surface area contributed by atoms with Crippen LogP contribution in [0.2, 0.25) is 5.02 Å². The van der Waals surface area contributed by atoms with Crippen LogP contribution < -0.4 is 5.32 Å². The van der Waals surface area contributed by atoms with Crippen LogP contribution in [-0.2, 0) is 6.18 Å². The lowest BCUT2D eigenvalue weighted by molar-refractivity contribution is -0.137. The maximum atomic E-state index is 12.5. The van der Waals surface area contributed by atoms with Crippen LogP contribution in [0.25, 0.3) is 0 Å². The second kappa shape index (κ2) is 6.85. The topological polar surface area (TPSA) is 35.5 Å². The zero-order valence-corrected chi connectivity index (χ0v) is 12.2. The number of aliphatic hydroxyl groups excluding tert-OH is 1. The molecular formula is C14H18ClF3N2O. The summed E-state index contributed by atoms with van der Waals surface area (Å²) in [6.45, 7) is 2.78. The molecule has 1 aromatic carbocycles. The van der Waals surface area contributed by atoms with Crippen LogP contribution in [0.4, 0.5) is 18.9 Å². The summed E-state index contributed by atoms with van der Waals surface area (Å²) in [6, 6.07) is 3.14. The van der Waals surface area contributed by atoms with E-state index in [4.69, 9.17) is 11.6 Å². The van der Waals surface area contributed by atoms with E-state index in [0.29, 0.717) is 12.2 Å². The number of rotatable bonds is 5. The molecule has 0 aliphatic carbocycles. The Bertz CT molecular complexity index is 476. The Hall–Kier alpha value is -0.980. The molecular weight excluding hydrogens is 305 g/mol. The van der Waals surface area contributed by atoms with Crippen LogP contribution in [0.3, 0.4) is 0 Å². The molecule has 21 heavy (non-hydrogen) atoms. The highest BCUT2D eigenvalue weighted by Crippen LogP contribution is 2.33. The van der Waals surface area contributed by atoms with Gasteiger partial charge in [0.15, 0.2) is 0 Å². The second-order valence-electron chi connectivity index (χ2n) is 5.23. The van der Waals surface area contributed by atoms with Crippen molar-refractivity contribution >= 4 is 17.3 Å². The number of nitrogens with zero attached hydrogens (tertiary/aromatic N) is 1. The van der Waals surface area contributed by atoms with Crippen molar-refractivity contribution in [1.82, 2.24) is 4.90 Å². The van der Waals surface area contributed by atoms with Crippen LogP contribution in [0, 0.1) is 0 Å². The van der Waals surface area contributed by atoms with Gasteiger partial charge >= 0.3 is 6.18 Å². The van der Waals surface area contributed by atoms with Gasteiger partial charge in [0.2, 0.25) is 0 Å². The number of halogens is 4. The zero-order chi connectivity index (χ0) is 15.5. The van der Waals surface area contributed by atoms with Crippen molar-refractivity contribution in [3.8, 4) is 0 Å². The predicted molar refractivity (Wildman–Crippen MR) is 76.6 cm³/mol. The van der Waals surface area contributed by atoms with Crippen LogP contribution in [0.1, 0.15) is 18.4 Å². The number of β-amino-alcohol motifs (C(OH)–C–C–N with tert-alkyl or cyclic N) is 1. The third kappa shape index (κ3) is 4.76. The summed E-state index contributed by atoms with van der Waals surface area (Å²) >= 11 is 5.83. The highest BCUT2D eigenvalue weighted by Gasteiger charge is 2.30. The van der Waals surface area contributed by atoms with Gasteiger partial charge in [0.1, 0.15) is 0 Å². The molecule has 118 valence electrons. The number of nitrogens with one attached hydrogen (secondary N) is 1. The first kappa shape index (κ1) is 16.4. The zero-order valence-electron chi connectivity index (χ0n) is 11.5. The van der Waals surface area contributed by atoms with Crippen LogP contribution in [0.15, 0.2) is 18.2 Å². The summed E-state index contributed by atoms with van der Waals surface area (Å²) in [5.74, 6) is 0. The van der Waals surface area contributed by atoms with Crippen molar-refractivity contribution in [2.24, 2.45) is 0 Å². The highest BCUT2D eigenvalue weighted by atomic mass is 35.5. The van der Waals surface area contributed by atoms with Crippen LogP contribution in [-0.4, -0.2) is 42.3 Å². The van der Waals surface area contributed by atoms with Crippen molar-refractivity contribution in [2.75, 3.05) is 31.5 Å². The Kier molecular flexibility index (Phi) is 5.35. The molecule has 0 spiro atoms. The number of hydrogen-bond donors (Lipinski definition) is 2. The first-order chi connectivity index (χ1) is 9.86. The van der Waals surface area contributed by atoms with Crippen molar-refractivity contribution in [3.63, 3.8) is 0 Å². The fraction of sp³-hybridized carbons (Fsp3) is 0.571. The van der Waals surface area contributed by atoms with Gasteiger partial charge in [-0.15, -0.1) is 0 Å². The second-order valence-corrected chi connectivity index (χ2v) is 5.64. The molecule has 1 atom stereocenters. The Labute approximate surface area is 126 Å². The van der Waals surface area contributed by atoms with Gasteiger partial charge in [0.05, 0.1) is 22.4 Å². The minimum absolute atomic E-state index is 0.00167. The van der Waals surface area contributed by atoms with Gasteiger partial charge in [-0.1, -0.05) is 11.6 Å². The fourth-order valence-electron chi connectivity index (χ4n) is 2.39. The SMILES string of the molecule is OC(CNc1ccc(C(F)(F)F)cc1Cl)CN1CCCC1. The van der Waals surface area contributed by atoms with Crippen molar-refractivity contribution < 1.29 is 18.3 Å². The maximum Gasteiger partial charge on any atom is 0.416 e. The number of likely N-dealkylation sites (tertiary alicyclic amines) is 1. The fourth-order valence-corrected chi connectivity index (χ4v) is 2.64. The average molecular weight is 323 g/mol. The molecule has 1 aromatic rings. The summed E-state index contributed by atoms with van der Waals surface area (Å²) in [5, 5.41) is 12.8. The molecule has 1 fully saturated rings. The van der Waals surface area contributed by atoms with Gasteiger partial charge < -0.3 is 15.3 Å². The number of hydrogen-bond acceptors (Lipinski definition) is 3. The minimum Gasteiger partial charge on any atom is -0.390 e. The Morgan fingerprint density at radius 3 is 2.52 bits per heavy atom. The summed E-state index contributed by atoms with van der Waals surface area (Å²) in [5.41, 5.74) is -0.388. The predicted octanol–water partition coefficient (Wildman–Crippen LogP) is 3.23. The van der Waals surface area contributed by atoms with E-state index in [2.05, 4.69) is 10.2 Å². The lowest BCUT2D eigenvalue weighted by Crippen LogP contribution is -2.34. The van der Waals surface area contributed by atoms with Crippen molar-refractivity contribution in [2.45, 2.75) is 25.1 Å². The van der Waals surface area contributed by atoms with Crippen molar-refractivity contribution in [1.29, 1.82) is 0 Å². The molecule has 0 saturated carbocycles. The molecule has 1 unspecified atom stereocenters. The van der Waals surface area contributed by atoms with Gasteiger partial charge in [0, 0.05) is 13.1 Å². The maximum absolute atomic E-state index is 12.5. The van der Waals surface area contributed by atoms with E-state index in [0.717, 1.165) is 38.1 Å². The van der Waals surface area contributed by atoms with E-state index < -0.39 is 17.8 Å². The molecule has 0 aromatic heterocycles. The van der Waals surface area contributed by atoms with E-state index in [9.17, 15) is 18.3 Å². The lowest BCUT2D eigenvalue weighted by Gasteiger charge is -2.20. The van der Waals surface area contributed by atoms with Crippen LogP contribution in [0.5, 0.6) is 0 Å². The normalized spacial score (nSPS) is 18.0. The monoisotopic (exact) mass is 322 g/mol. The van der Waals surface area contributed by atoms with Gasteiger partial charge in [-0.3, -0.25) is 0 Å². The third-order valence-electron chi connectivity index (χ3n) is 3.49. The van der Waals surface area contributed by atoms with Gasteiger partial charge in [0.25, 0.3) is 0 Å². The molecule has 2 rings (SSSR count). The van der Waals surface area contributed by atoms with E-state index in [1.165, 1.54) is 6.07 Å². The molecule has 0 amide bonds. The van der Waals surface area contributed by atoms with E-state index >= 15 is 0 Å². The molecule has 1 aliphatic rings. The molecule has 2 N–H and O–H groups in total. The number of anilines is 1. The molecule has 0 radical (unpaired) electrons. The summed E-state index contributed by atoms with van der Waals surface area (Å²) in [7, 11) is 0. The Morgan fingerprint density at radius 2 is 1.95 bits per heavy atom. The Morgan fingerprint density at radius 1 is 1.29 bits per heavy atom. The summed E-state index contributed by atoms with van der Waals surface area (Å²) < 4.78 is 37.5. The van der Waals surface area contributed by atoms with E-state index in [1.54, 1.807) is 0 Å². The molecule has 1 heterocycles. The molecule has 1 aliphatic heterocycles. The van der Waals surface area contributed by atoms with E-state index in [-0.39, 0.29) is 11.6 Å². The third-order valence-corrected chi connectivity index (χ3v) is 3.80. The quantitative estimate of drug-likeness (QED) is 0.873. The highest BCUT2D eigenvalue weighted by molar-refractivity contribution is 6.33. The largest absolute Gasteiger partial charge is 0.416 e. The smallest absolute Gasteiger partial charge is 0.390 e. The Balaban J connectivity index is 1.87. The standard InChI is InChI=1S/C14H18ClF3N2O/c15-12-7-10(14(16,17)18)3-4-13(12)19-8-11(21)9-20-5-1-2-6-20/h3-4,7,11,19,21H,1-2,5-6,8-9H2. The van der Waals surface area contributed by atoms with Crippen molar-refractivity contribution in [3.05, 3.63) is 28.8 Å². The summed E-state index contributed by atoms with van der Waals surface area (Å²) in [4.78, 5) is 2.17. The first-order valence-electron chi connectivity index (χ1n) is 6.87. The van der Waals surface area contributed by atoms with E-state index in [1.807, 2.05) is 0 Å². The van der Waals surface area contributed by atoms with Gasteiger partial charge in [-0.05, 0) is 44.1 Å². The first-order valence-corrected chi connectivity index (χ1v) is 7.25. The lowest BCUT2D eigenvalue weighted by atomic mass is 10.2. The molecule has 1 saturated heterocycles. The summed E-state index contributed by atoms with van der Waals surface area (Å²) in [6.07, 6.45) is -2.70.